The van der Waals surface area contributed by atoms with Crippen LogP contribution < -0.4 is 5.73 Å². The zero-order valence-corrected chi connectivity index (χ0v) is 11.2. The van der Waals surface area contributed by atoms with Crippen molar-refractivity contribution in [1.82, 2.24) is 0 Å². The maximum absolute atomic E-state index is 13.4. The Bertz CT molecular complexity index is 319. The van der Waals surface area contributed by atoms with E-state index in [-0.39, 0.29) is 24.3 Å². The molecule has 0 heterocycles. The van der Waals surface area contributed by atoms with Gasteiger partial charge in [-0.25, -0.2) is 4.39 Å². The monoisotopic (exact) mass is 295 g/mol. The average Bonchev–Trinajstić information content (AvgIpc) is 2.19. The predicted molar refractivity (Wildman–Crippen MR) is 67.7 cm³/mol. The van der Waals surface area contributed by atoms with Crippen LogP contribution in [0.2, 0.25) is 0 Å². The van der Waals surface area contributed by atoms with E-state index in [9.17, 15) is 4.39 Å². The molecule has 1 aromatic rings. The van der Waals surface area contributed by atoms with Gasteiger partial charge in [-0.2, -0.15) is 0 Å². The summed E-state index contributed by atoms with van der Waals surface area (Å²) in [5.41, 5.74) is 6.55. The lowest BCUT2D eigenvalue weighted by Crippen LogP contribution is -2.19. The highest BCUT2D eigenvalue weighted by Crippen LogP contribution is 2.26. The van der Waals surface area contributed by atoms with Crippen molar-refractivity contribution in [3.8, 4) is 0 Å². The summed E-state index contributed by atoms with van der Waals surface area (Å²) in [5, 5.41) is 0. The van der Waals surface area contributed by atoms with Crippen LogP contribution in [0, 0.1) is 11.7 Å². The molecule has 0 saturated carbocycles. The second kappa shape index (κ2) is 6.46. The van der Waals surface area contributed by atoms with Crippen molar-refractivity contribution in [2.75, 3.05) is 0 Å². The Labute approximate surface area is 105 Å². The van der Waals surface area contributed by atoms with Crippen LogP contribution in [0.3, 0.4) is 0 Å². The minimum Gasteiger partial charge on any atom is -0.324 e. The van der Waals surface area contributed by atoms with Crippen LogP contribution in [-0.4, -0.2) is 0 Å². The molecule has 1 rings (SSSR count). The zero-order valence-electron chi connectivity index (χ0n) is 8.84. The molecule has 1 unspecified atom stereocenters. The van der Waals surface area contributed by atoms with E-state index in [1.165, 1.54) is 6.07 Å². The summed E-state index contributed by atoms with van der Waals surface area (Å²) in [4.78, 5) is 0. The van der Waals surface area contributed by atoms with E-state index in [2.05, 4.69) is 22.9 Å². The quantitative estimate of drug-likeness (QED) is 0.894. The Kier molecular flexibility index (Phi) is 6.41. The van der Waals surface area contributed by atoms with Gasteiger partial charge in [0.1, 0.15) is 5.82 Å². The lowest BCUT2D eigenvalue weighted by molar-refractivity contribution is 0.439. The number of hydrogen-bond donors (Lipinski definition) is 1. The van der Waals surface area contributed by atoms with Crippen LogP contribution in [0.1, 0.15) is 31.9 Å². The lowest BCUT2D eigenvalue weighted by atomic mass is 9.93. The van der Waals surface area contributed by atoms with Crippen LogP contribution >= 0.6 is 28.3 Å². The first-order valence-electron chi connectivity index (χ1n) is 4.76. The molecule has 0 spiro atoms. The topological polar surface area (TPSA) is 26.0 Å². The van der Waals surface area contributed by atoms with Crippen LogP contribution in [0.4, 0.5) is 4.39 Å². The molecular weight excluding hydrogens is 280 g/mol. The first-order valence-corrected chi connectivity index (χ1v) is 5.56. The van der Waals surface area contributed by atoms with Gasteiger partial charge in [-0.05, 0) is 24.1 Å². The zero-order chi connectivity index (χ0) is 10.7. The second-order valence-corrected chi connectivity index (χ2v) is 4.49. The standard InChI is InChI=1S/C11H15BrFN.ClH/c1-3-7(2)11(14)9-6-8(12)4-5-10(9)13;/h4-7,11H,3,14H2,1-2H3;1H/t7?,11-;/m1./s1. The maximum atomic E-state index is 13.4. The van der Waals surface area contributed by atoms with Gasteiger partial charge < -0.3 is 5.73 Å². The van der Waals surface area contributed by atoms with Crippen LogP contribution in [-0.2, 0) is 0 Å². The minimum atomic E-state index is -0.225. The van der Waals surface area contributed by atoms with Crippen molar-refractivity contribution in [1.29, 1.82) is 0 Å². The molecule has 86 valence electrons. The highest BCUT2D eigenvalue weighted by Gasteiger charge is 2.16. The molecule has 0 saturated heterocycles. The third-order valence-corrected chi connectivity index (χ3v) is 3.07. The van der Waals surface area contributed by atoms with E-state index in [1.54, 1.807) is 12.1 Å². The Morgan fingerprint density at radius 3 is 2.60 bits per heavy atom. The first kappa shape index (κ1) is 14.9. The number of benzene rings is 1. The SMILES string of the molecule is CCC(C)[C@@H](N)c1cc(Br)ccc1F.Cl. The summed E-state index contributed by atoms with van der Waals surface area (Å²) < 4.78 is 14.3. The third-order valence-electron chi connectivity index (χ3n) is 2.57. The smallest absolute Gasteiger partial charge is 0.128 e. The van der Waals surface area contributed by atoms with E-state index in [0.29, 0.717) is 11.5 Å². The maximum Gasteiger partial charge on any atom is 0.128 e. The number of hydrogen-bond acceptors (Lipinski definition) is 1. The van der Waals surface area contributed by atoms with Gasteiger partial charge in [0.25, 0.3) is 0 Å². The average molecular weight is 297 g/mol. The Balaban J connectivity index is 0.00000196. The van der Waals surface area contributed by atoms with Crippen molar-refractivity contribution in [2.24, 2.45) is 11.7 Å². The number of halogens is 3. The molecule has 0 aliphatic heterocycles. The lowest BCUT2D eigenvalue weighted by Gasteiger charge is -2.19. The molecule has 0 bridgehead atoms. The molecule has 0 radical (unpaired) electrons. The molecule has 0 aliphatic rings. The van der Waals surface area contributed by atoms with Crippen molar-refractivity contribution in [3.05, 3.63) is 34.1 Å². The summed E-state index contributed by atoms with van der Waals surface area (Å²) in [6, 6.07) is 4.66. The van der Waals surface area contributed by atoms with E-state index in [4.69, 9.17) is 5.73 Å². The molecule has 0 amide bonds. The molecule has 0 aliphatic carbocycles. The number of nitrogens with two attached hydrogens (primary N) is 1. The number of rotatable bonds is 3. The largest absolute Gasteiger partial charge is 0.324 e. The summed E-state index contributed by atoms with van der Waals surface area (Å²) >= 11 is 3.31. The van der Waals surface area contributed by atoms with Gasteiger partial charge in [0, 0.05) is 16.1 Å². The van der Waals surface area contributed by atoms with E-state index in [0.717, 1.165) is 10.9 Å². The van der Waals surface area contributed by atoms with E-state index < -0.39 is 0 Å². The molecule has 2 atom stereocenters. The van der Waals surface area contributed by atoms with Crippen LogP contribution in [0.25, 0.3) is 0 Å². The van der Waals surface area contributed by atoms with Gasteiger partial charge in [-0.3, -0.25) is 0 Å². The molecule has 0 fully saturated rings. The summed E-state index contributed by atoms with van der Waals surface area (Å²) in [6.07, 6.45) is 0.952. The normalized spacial score (nSPS) is 14.2. The van der Waals surface area contributed by atoms with Gasteiger partial charge >= 0.3 is 0 Å². The van der Waals surface area contributed by atoms with Gasteiger partial charge in [-0.15, -0.1) is 12.4 Å². The molecule has 15 heavy (non-hydrogen) atoms. The fourth-order valence-corrected chi connectivity index (χ4v) is 1.71. The molecule has 4 heteroatoms. The Morgan fingerprint density at radius 1 is 1.47 bits per heavy atom. The van der Waals surface area contributed by atoms with Crippen molar-refractivity contribution in [2.45, 2.75) is 26.3 Å². The van der Waals surface area contributed by atoms with Gasteiger partial charge in [-0.1, -0.05) is 36.2 Å². The fourth-order valence-electron chi connectivity index (χ4n) is 1.33. The second-order valence-electron chi connectivity index (χ2n) is 3.58. The summed E-state index contributed by atoms with van der Waals surface area (Å²) in [6.45, 7) is 4.09. The molecule has 2 N–H and O–H groups in total. The van der Waals surface area contributed by atoms with Crippen LogP contribution in [0.5, 0.6) is 0 Å². The van der Waals surface area contributed by atoms with Gasteiger partial charge in [0.2, 0.25) is 0 Å². The van der Waals surface area contributed by atoms with Crippen LogP contribution in [0.15, 0.2) is 22.7 Å². The molecule has 1 nitrogen and oxygen atoms in total. The van der Waals surface area contributed by atoms with E-state index in [1.807, 2.05) is 6.92 Å². The summed E-state index contributed by atoms with van der Waals surface area (Å²) in [7, 11) is 0. The van der Waals surface area contributed by atoms with Crippen molar-refractivity contribution in [3.63, 3.8) is 0 Å². The first-order chi connectivity index (χ1) is 6.56. The third kappa shape index (κ3) is 3.74. The fraction of sp³-hybridized carbons (Fsp3) is 0.455. The van der Waals surface area contributed by atoms with E-state index >= 15 is 0 Å². The minimum absolute atomic E-state index is 0. The predicted octanol–water partition coefficient (Wildman–Crippen LogP) is 4.06. The molecule has 1 aromatic carbocycles. The highest BCUT2D eigenvalue weighted by atomic mass is 79.9. The molecule has 0 aromatic heterocycles. The Morgan fingerprint density at radius 2 is 2.07 bits per heavy atom. The van der Waals surface area contributed by atoms with Crippen molar-refractivity contribution >= 4 is 28.3 Å². The van der Waals surface area contributed by atoms with Crippen molar-refractivity contribution < 1.29 is 4.39 Å². The highest BCUT2D eigenvalue weighted by molar-refractivity contribution is 9.10. The molecular formula is C11H16BrClFN. The van der Waals surface area contributed by atoms with Gasteiger partial charge in [0.15, 0.2) is 0 Å². The summed E-state index contributed by atoms with van der Waals surface area (Å²) in [5.74, 6) is 0.0693. The Hall–Kier alpha value is -0.120. The van der Waals surface area contributed by atoms with Gasteiger partial charge in [0.05, 0.1) is 0 Å².